The van der Waals surface area contributed by atoms with Gasteiger partial charge < -0.3 is 48.2 Å². The number of methoxy groups -OCH3 is 2. The fraction of sp³-hybridized carbons (Fsp3) is 0.619. The van der Waals surface area contributed by atoms with Crippen LogP contribution in [0.2, 0.25) is 5.04 Å². The maximum Gasteiger partial charge on any atom is 0.261 e. The summed E-state index contributed by atoms with van der Waals surface area (Å²) in [5.41, 5.74) is -2.29. The Hall–Kier alpha value is -2.26. The summed E-state index contributed by atoms with van der Waals surface area (Å²) in [6, 6.07) is 21.0. The Morgan fingerprint density at radius 2 is 1.08 bits per heavy atom. The molecule has 0 spiro atoms. The van der Waals surface area contributed by atoms with E-state index in [4.69, 9.17) is 32.8 Å². The molecule has 2 fully saturated rings. The first kappa shape index (κ1) is 45.1. The van der Waals surface area contributed by atoms with Gasteiger partial charge in [0, 0.05) is 14.2 Å². The lowest BCUT2D eigenvalue weighted by Crippen LogP contribution is -2.67. The molecule has 3 N–H and O–H groups in total. The van der Waals surface area contributed by atoms with Gasteiger partial charge in [-0.25, -0.2) is 0 Å². The largest absolute Gasteiger partial charge is 0.405 e. The van der Waals surface area contributed by atoms with Gasteiger partial charge >= 0.3 is 0 Å². The molecule has 2 aromatic rings. The molecule has 2 aromatic carbocycles. The molecule has 0 saturated carbocycles. The van der Waals surface area contributed by atoms with Gasteiger partial charge in [-0.05, 0) is 69.8 Å². The van der Waals surface area contributed by atoms with Gasteiger partial charge in [-0.3, -0.25) is 0 Å². The van der Waals surface area contributed by atoms with Crippen LogP contribution in [0.3, 0.4) is 0 Å². The lowest BCUT2D eigenvalue weighted by molar-refractivity contribution is -0.180. The van der Waals surface area contributed by atoms with E-state index in [9.17, 15) is 15.3 Å². The van der Waals surface area contributed by atoms with Crippen molar-refractivity contribution in [2.45, 2.75) is 140 Å². The molecule has 6 unspecified atom stereocenters. The van der Waals surface area contributed by atoms with Gasteiger partial charge in [0.2, 0.25) is 0 Å². The minimum atomic E-state index is -2.75. The Labute approximate surface area is 319 Å². The summed E-state index contributed by atoms with van der Waals surface area (Å²) in [7, 11) is 0.346. The van der Waals surface area contributed by atoms with Crippen LogP contribution in [0.4, 0.5) is 0 Å². The second kappa shape index (κ2) is 18.1. The molecule has 2 aliphatic heterocycles. The van der Waals surface area contributed by atoms with Gasteiger partial charge in [0.05, 0.1) is 24.4 Å². The molecule has 4 rings (SSSR count). The minimum absolute atomic E-state index is 0.158. The summed E-state index contributed by atoms with van der Waals surface area (Å²) in [5.74, 6) is -1.62. The highest BCUT2D eigenvalue weighted by Gasteiger charge is 2.55. The quantitative estimate of drug-likeness (QED) is 0.154. The highest BCUT2D eigenvalue weighted by atomic mass is 28.4. The van der Waals surface area contributed by atoms with Crippen molar-refractivity contribution in [2.75, 3.05) is 27.4 Å². The van der Waals surface area contributed by atoms with Gasteiger partial charge in [0.1, 0.15) is 36.6 Å². The second-order valence-electron chi connectivity index (χ2n) is 16.4. The number of ether oxygens (including phenoxy) is 6. The van der Waals surface area contributed by atoms with Crippen LogP contribution in [-0.4, -0.2) is 110 Å². The predicted molar refractivity (Wildman–Crippen MR) is 211 cm³/mol. The Kier molecular flexibility index (Phi) is 15.4. The topological polar surface area (TPSA) is 125 Å². The summed E-state index contributed by atoms with van der Waals surface area (Å²) >= 11 is 0. The smallest absolute Gasteiger partial charge is 0.261 e. The third kappa shape index (κ3) is 10.7. The number of benzene rings is 2. The van der Waals surface area contributed by atoms with Crippen molar-refractivity contribution in [3.8, 4) is 0 Å². The van der Waals surface area contributed by atoms with Crippen molar-refractivity contribution < 1.29 is 48.2 Å². The third-order valence-corrected chi connectivity index (χ3v) is 15.0. The van der Waals surface area contributed by atoms with Gasteiger partial charge in [0.15, 0.2) is 11.6 Å². The summed E-state index contributed by atoms with van der Waals surface area (Å²) < 4.78 is 42.3. The Balaban J connectivity index is 0.000000353. The summed E-state index contributed by atoms with van der Waals surface area (Å²) in [6.07, 6.45) is 0.867. The molecule has 0 bridgehead atoms. The molecule has 0 amide bonds. The van der Waals surface area contributed by atoms with E-state index in [1.165, 1.54) is 17.5 Å². The van der Waals surface area contributed by atoms with Crippen molar-refractivity contribution in [1.82, 2.24) is 0 Å². The molecular weight excluding hydrogens is 693 g/mol. The van der Waals surface area contributed by atoms with Gasteiger partial charge in [-0.1, -0.05) is 93.6 Å². The standard InChI is InChI=1S/C29H42O5Si.C13H24O5/c1-9-20-29(7,30)26(31-8)25-24(33-28(5,6)34-25)21-32-35(27(2,3)4,22-16-12-10-13-17-22)23-18-14-11-15-19-23;1-6-7-13(4,15)11(16-5)10-9(8-14)17-12(2,3)18-10/h9-19,24-26,30H,1,20-21H2,2-8H3;6,9-11,14-15H,1,7-8H2,2-5H3/t24?,25?,26?,29-;9?,10?,11?,13-/m00/s1. The van der Waals surface area contributed by atoms with Crippen LogP contribution in [0.1, 0.15) is 75.2 Å². The van der Waals surface area contributed by atoms with Crippen molar-refractivity contribution in [1.29, 1.82) is 0 Å². The summed E-state index contributed by atoms with van der Waals surface area (Å²) in [4.78, 5) is 0. The van der Waals surface area contributed by atoms with Gasteiger partial charge in [-0.15, -0.1) is 13.2 Å². The van der Waals surface area contributed by atoms with Crippen LogP contribution in [0.25, 0.3) is 0 Å². The summed E-state index contributed by atoms with van der Waals surface area (Å²) in [5, 5.41) is 33.2. The zero-order chi connectivity index (χ0) is 39.9. The van der Waals surface area contributed by atoms with Crippen LogP contribution in [0, 0.1) is 0 Å². The van der Waals surface area contributed by atoms with Crippen LogP contribution >= 0.6 is 0 Å². The molecule has 11 heteroatoms. The fourth-order valence-corrected chi connectivity index (χ4v) is 12.3. The van der Waals surface area contributed by atoms with Crippen LogP contribution < -0.4 is 10.4 Å². The molecule has 298 valence electrons. The van der Waals surface area contributed by atoms with E-state index >= 15 is 0 Å². The number of hydrogen-bond acceptors (Lipinski definition) is 10. The van der Waals surface area contributed by atoms with E-state index in [2.05, 4.69) is 82.5 Å². The van der Waals surface area contributed by atoms with E-state index in [1.54, 1.807) is 47.0 Å². The maximum absolute atomic E-state index is 11.2. The molecule has 10 nitrogen and oxygen atoms in total. The maximum atomic E-state index is 11.2. The van der Waals surface area contributed by atoms with E-state index in [0.29, 0.717) is 19.4 Å². The van der Waals surface area contributed by atoms with Crippen molar-refractivity contribution >= 4 is 18.7 Å². The van der Waals surface area contributed by atoms with Crippen LogP contribution in [0.15, 0.2) is 86.0 Å². The fourth-order valence-electron chi connectivity index (χ4n) is 7.78. The molecule has 2 heterocycles. The highest BCUT2D eigenvalue weighted by Crippen LogP contribution is 2.40. The molecule has 0 radical (unpaired) electrons. The third-order valence-electron chi connectivity index (χ3n) is 9.95. The number of aliphatic hydroxyl groups is 3. The van der Waals surface area contributed by atoms with Crippen molar-refractivity contribution in [3.05, 3.63) is 86.0 Å². The Bertz CT molecular complexity index is 1380. The molecule has 53 heavy (non-hydrogen) atoms. The summed E-state index contributed by atoms with van der Waals surface area (Å²) in [6.45, 7) is 25.0. The Morgan fingerprint density at radius 1 is 0.698 bits per heavy atom. The first-order chi connectivity index (χ1) is 24.6. The molecule has 8 atom stereocenters. The van der Waals surface area contributed by atoms with Crippen molar-refractivity contribution in [2.24, 2.45) is 0 Å². The SMILES string of the molecule is C=CC[C@](C)(O)C(OC)C1OC(C)(C)OC1CO.C=CC[C@](C)(O)C(OC)C1OC(C)(C)OC1CO[Si](c1ccccc1)(c1ccccc1)C(C)(C)C. The first-order valence-electron chi connectivity index (χ1n) is 18.4. The minimum Gasteiger partial charge on any atom is -0.405 e. The lowest BCUT2D eigenvalue weighted by Gasteiger charge is -2.44. The zero-order valence-electron chi connectivity index (χ0n) is 33.8. The molecular formula is C42H66O10Si. The normalized spacial score (nSPS) is 26.0. The average Bonchev–Trinajstić information content (AvgIpc) is 3.55. The zero-order valence-corrected chi connectivity index (χ0v) is 34.8. The van der Waals surface area contributed by atoms with E-state index < -0.39 is 67.7 Å². The van der Waals surface area contributed by atoms with E-state index in [0.717, 1.165) is 0 Å². The first-order valence-corrected chi connectivity index (χ1v) is 20.4. The van der Waals surface area contributed by atoms with Crippen LogP contribution in [-0.2, 0) is 32.8 Å². The van der Waals surface area contributed by atoms with E-state index in [-0.39, 0.29) is 11.6 Å². The van der Waals surface area contributed by atoms with Crippen molar-refractivity contribution in [3.63, 3.8) is 0 Å². The monoisotopic (exact) mass is 758 g/mol. The molecule has 0 aliphatic carbocycles. The number of hydrogen-bond donors (Lipinski definition) is 3. The number of aliphatic hydroxyl groups excluding tert-OH is 1. The average molecular weight is 759 g/mol. The molecule has 2 saturated heterocycles. The molecule has 0 aromatic heterocycles. The lowest BCUT2D eigenvalue weighted by atomic mass is 9.89. The molecule has 2 aliphatic rings. The predicted octanol–water partition coefficient (Wildman–Crippen LogP) is 5.27. The second-order valence-corrected chi connectivity index (χ2v) is 20.8. The van der Waals surface area contributed by atoms with Gasteiger partial charge in [0.25, 0.3) is 8.32 Å². The van der Waals surface area contributed by atoms with E-state index in [1.807, 2.05) is 26.0 Å². The number of rotatable bonds is 16. The van der Waals surface area contributed by atoms with Crippen LogP contribution in [0.5, 0.6) is 0 Å². The highest BCUT2D eigenvalue weighted by molar-refractivity contribution is 6.99. The Morgan fingerprint density at radius 3 is 1.42 bits per heavy atom. The van der Waals surface area contributed by atoms with Gasteiger partial charge in [-0.2, -0.15) is 0 Å².